The third-order valence-corrected chi connectivity index (χ3v) is 8.16. The highest BCUT2D eigenvalue weighted by molar-refractivity contribution is 5.64. The summed E-state index contributed by atoms with van der Waals surface area (Å²) in [5.41, 5.74) is 1.07. The van der Waals surface area contributed by atoms with Crippen LogP contribution in [0, 0.1) is 0 Å². The Hall–Kier alpha value is -3.16. The summed E-state index contributed by atoms with van der Waals surface area (Å²) in [6.07, 6.45) is -15.6. The molecule has 2 saturated heterocycles. The van der Waals surface area contributed by atoms with Crippen LogP contribution in [0.4, 0.5) is 0 Å². The van der Waals surface area contributed by atoms with Crippen LogP contribution in [0.15, 0.2) is 24.3 Å². The average molecular weight is 643 g/mol. The maximum Gasteiger partial charge on any atom is 0.229 e. The molecule has 2 aromatic rings. The van der Waals surface area contributed by atoms with Crippen molar-refractivity contribution in [1.29, 1.82) is 0 Å². The first-order valence-electron chi connectivity index (χ1n) is 14.2. The van der Waals surface area contributed by atoms with Gasteiger partial charge in [0.05, 0.1) is 34.0 Å². The number of aliphatic hydroxyl groups excluding tert-OH is 8. The Balaban J connectivity index is 1.59. The Morgan fingerprint density at radius 1 is 0.711 bits per heavy atom. The molecule has 0 aromatic heterocycles. The molecule has 0 spiro atoms. The fraction of sp³-hybridized carbons (Fsp3) is 0.586. The van der Waals surface area contributed by atoms with Crippen molar-refractivity contribution < 1.29 is 79.1 Å². The van der Waals surface area contributed by atoms with E-state index in [0.717, 1.165) is 5.56 Å². The fourth-order valence-corrected chi connectivity index (χ4v) is 5.64. The lowest BCUT2D eigenvalue weighted by Gasteiger charge is -2.41. The van der Waals surface area contributed by atoms with Crippen LogP contribution in [0.2, 0.25) is 0 Å². The predicted octanol–water partition coefficient (Wildman–Crippen LogP) is -2.51. The molecule has 9 N–H and O–H groups in total. The molecule has 3 aliphatic rings. The van der Waals surface area contributed by atoms with E-state index in [0.29, 0.717) is 17.7 Å². The molecule has 16 heteroatoms. The molecular formula is C29H38O16. The number of hydrogen-bond acceptors (Lipinski definition) is 16. The van der Waals surface area contributed by atoms with E-state index < -0.39 is 80.5 Å². The SMILES string of the molecule is COc1c(O[C@@H]2O[C@H](CO)[C@@H](O)[C@H](O)[C@H]2O)cc(C2COc3cc(O)ccc3C2)c(O[C@@H]2O[C@H](CO)[C@@H](O)[C@H](O)[C@H]2O)c1OC. The molecule has 0 bridgehead atoms. The number of hydrogen-bond donors (Lipinski definition) is 9. The number of aromatic hydroxyl groups is 1. The van der Waals surface area contributed by atoms with Gasteiger partial charge in [0.2, 0.25) is 24.1 Å². The van der Waals surface area contributed by atoms with E-state index in [4.69, 9.17) is 33.2 Å². The minimum absolute atomic E-state index is 0.0140. The van der Waals surface area contributed by atoms with Crippen molar-refractivity contribution in [1.82, 2.24) is 0 Å². The number of benzene rings is 2. The zero-order valence-electron chi connectivity index (χ0n) is 24.4. The van der Waals surface area contributed by atoms with Crippen LogP contribution < -0.4 is 23.7 Å². The summed E-state index contributed by atoms with van der Waals surface area (Å²) < 4.78 is 40.3. The summed E-state index contributed by atoms with van der Waals surface area (Å²) in [5, 5.41) is 91.7. The van der Waals surface area contributed by atoms with E-state index >= 15 is 0 Å². The predicted molar refractivity (Wildman–Crippen MR) is 148 cm³/mol. The van der Waals surface area contributed by atoms with Gasteiger partial charge < -0.3 is 79.1 Å². The molecule has 5 rings (SSSR count). The third-order valence-electron chi connectivity index (χ3n) is 8.16. The Bertz CT molecular complexity index is 1320. The Morgan fingerprint density at radius 2 is 1.29 bits per heavy atom. The summed E-state index contributed by atoms with van der Waals surface area (Å²) in [4.78, 5) is 0. The number of rotatable bonds is 9. The van der Waals surface area contributed by atoms with Crippen LogP contribution in [-0.2, 0) is 15.9 Å². The van der Waals surface area contributed by atoms with E-state index in [1.165, 1.54) is 32.4 Å². The quantitative estimate of drug-likeness (QED) is 0.137. The van der Waals surface area contributed by atoms with Crippen molar-refractivity contribution in [3.63, 3.8) is 0 Å². The Morgan fingerprint density at radius 3 is 1.84 bits per heavy atom. The average Bonchev–Trinajstić information content (AvgIpc) is 3.04. The topological polar surface area (TPSA) is 247 Å². The molecule has 16 nitrogen and oxygen atoms in total. The van der Waals surface area contributed by atoms with Gasteiger partial charge in [-0.3, -0.25) is 0 Å². The van der Waals surface area contributed by atoms with Crippen molar-refractivity contribution in [3.05, 3.63) is 35.4 Å². The van der Waals surface area contributed by atoms with E-state index in [1.807, 2.05) is 0 Å². The van der Waals surface area contributed by atoms with Gasteiger partial charge in [-0.15, -0.1) is 0 Å². The lowest BCUT2D eigenvalue weighted by molar-refractivity contribution is -0.278. The highest BCUT2D eigenvalue weighted by atomic mass is 16.7. The lowest BCUT2D eigenvalue weighted by atomic mass is 9.89. The minimum atomic E-state index is -1.76. The highest BCUT2D eigenvalue weighted by Gasteiger charge is 2.47. The second-order valence-corrected chi connectivity index (χ2v) is 11.0. The van der Waals surface area contributed by atoms with Crippen molar-refractivity contribution in [3.8, 4) is 34.5 Å². The van der Waals surface area contributed by atoms with Gasteiger partial charge in [-0.1, -0.05) is 6.07 Å². The summed E-state index contributed by atoms with van der Waals surface area (Å²) in [7, 11) is 2.57. The Labute approximate surface area is 257 Å². The number of phenols is 1. The number of methoxy groups -OCH3 is 2. The molecule has 1 unspecified atom stereocenters. The molecule has 2 fully saturated rings. The van der Waals surface area contributed by atoms with Crippen molar-refractivity contribution >= 4 is 0 Å². The first kappa shape index (κ1) is 33.2. The maximum atomic E-state index is 10.7. The number of phenolic OH excluding ortho intramolecular Hbond substituents is 1. The van der Waals surface area contributed by atoms with Crippen LogP contribution in [-0.4, -0.2) is 141 Å². The van der Waals surface area contributed by atoms with Crippen LogP contribution in [0.3, 0.4) is 0 Å². The smallest absolute Gasteiger partial charge is 0.229 e. The number of fused-ring (bicyclic) bond motifs is 1. The van der Waals surface area contributed by atoms with Crippen LogP contribution in [0.5, 0.6) is 34.5 Å². The van der Waals surface area contributed by atoms with E-state index in [-0.39, 0.29) is 35.4 Å². The van der Waals surface area contributed by atoms with Crippen LogP contribution in [0.1, 0.15) is 17.0 Å². The molecule has 0 aliphatic carbocycles. The zero-order valence-corrected chi connectivity index (χ0v) is 24.4. The fourth-order valence-electron chi connectivity index (χ4n) is 5.64. The van der Waals surface area contributed by atoms with Crippen molar-refractivity contribution in [2.45, 2.75) is 73.8 Å². The number of aliphatic hydroxyl groups is 8. The van der Waals surface area contributed by atoms with Gasteiger partial charge in [0.1, 0.15) is 60.3 Å². The lowest BCUT2D eigenvalue weighted by Crippen LogP contribution is -2.60. The molecule has 45 heavy (non-hydrogen) atoms. The molecule has 3 heterocycles. The molecule has 250 valence electrons. The zero-order chi connectivity index (χ0) is 32.6. The first-order valence-corrected chi connectivity index (χ1v) is 14.2. The maximum absolute atomic E-state index is 10.7. The Kier molecular flexibility index (Phi) is 10.1. The number of ether oxygens (including phenoxy) is 7. The molecule has 0 saturated carbocycles. The first-order chi connectivity index (χ1) is 21.5. The molecule has 0 amide bonds. The summed E-state index contributed by atoms with van der Waals surface area (Å²) in [6, 6.07) is 6.11. The summed E-state index contributed by atoms with van der Waals surface area (Å²) >= 11 is 0. The molecule has 3 aliphatic heterocycles. The van der Waals surface area contributed by atoms with Crippen molar-refractivity contribution in [2.75, 3.05) is 34.0 Å². The standard InChI is InChI=1S/C29H38O16/c1-39-26-16(42-28-23(37)21(35)19(33)17(8-30)43-28)7-14(12-5-11-3-4-13(32)6-15(11)41-10-12)25(27(26)40-2)45-29-24(38)22(36)20(34)18(9-31)44-29/h3-4,6-7,12,17-24,28-38H,5,8-10H2,1-2H3/t12?,17-,18-,19-,20-,21+,22+,23-,24-,28-,29+/m1/s1. The summed E-state index contributed by atoms with van der Waals surface area (Å²) in [6.45, 7) is -1.32. The molecule has 2 aromatic carbocycles. The largest absolute Gasteiger partial charge is 0.508 e. The van der Waals surface area contributed by atoms with Crippen molar-refractivity contribution in [2.24, 2.45) is 0 Å². The van der Waals surface area contributed by atoms with Crippen LogP contribution >= 0.6 is 0 Å². The van der Waals surface area contributed by atoms with E-state index in [2.05, 4.69) is 0 Å². The van der Waals surface area contributed by atoms with Gasteiger partial charge in [-0.25, -0.2) is 0 Å². The van der Waals surface area contributed by atoms with E-state index in [9.17, 15) is 46.0 Å². The minimum Gasteiger partial charge on any atom is -0.508 e. The van der Waals surface area contributed by atoms with Gasteiger partial charge >= 0.3 is 0 Å². The monoisotopic (exact) mass is 642 g/mol. The summed E-state index contributed by atoms with van der Waals surface area (Å²) in [5.74, 6) is -0.357. The van der Waals surface area contributed by atoms with Gasteiger partial charge in [-0.05, 0) is 24.1 Å². The molecule has 0 radical (unpaired) electrons. The van der Waals surface area contributed by atoms with Gasteiger partial charge in [0, 0.05) is 17.5 Å². The van der Waals surface area contributed by atoms with Gasteiger partial charge in [0.25, 0.3) is 0 Å². The van der Waals surface area contributed by atoms with E-state index in [1.54, 1.807) is 6.07 Å². The third kappa shape index (κ3) is 6.31. The second-order valence-electron chi connectivity index (χ2n) is 11.0. The molecule has 11 atom stereocenters. The second kappa shape index (κ2) is 13.7. The van der Waals surface area contributed by atoms with Gasteiger partial charge in [-0.2, -0.15) is 0 Å². The highest BCUT2D eigenvalue weighted by Crippen LogP contribution is 2.51. The normalized spacial score (nSPS) is 34.8. The van der Waals surface area contributed by atoms with Gasteiger partial charge in [0.15, 0.2) is 11.5 Å². The molecular weight excluding hydrogens is 604 g/mol. The van der Waals surface area contributed by atoms with Crippen LogP contribution in [0.25, 0.3) is 0 Å².